The summed E-state index contributed by atoms with van der Waals surface area (Å²) in [5.74, 6) is -0.289. The maximum atomic E-state index is 12.2. The number of rotatable bonds is 4. The van der Waals surface area contributed by atoms with Crippen molar-refractivity contribution in [3.05, 3.63) is 77.0 Å². The summed E-state index contributed by atoms with van der Waals surface area (Å²) in [6, 6.07) is 18.5. The Kier molecular flexibility index (Phi) is 4.90. The number of nitriles is 1. The third-order valence-corrected chi connectivity index (χ3v) is 4.35. The van der Waals surface area contributed by atoms with Crippen molar-refractivity contribution >= 4 is 22.9 Å². The summed E-state index contributed by atoms with van der Waals surface area (Å²) in [7, 11) is 3.29. The van der Waals surface area contributed by atoms with Crippen LogP contribution in [0.5, 0.6) is 0 Å². The molecule has 1 aromatic heterocycles. The molecule has 0 aliphatic rings. The molecule has 0 N–H and O–H groups in total. The standard InChI is InChI=1S/C22H21N3O/c1-16-8-10-17(11-9-16)14-25-15-19(20-6-4-5-7-21(20)25)12-18(13-23)22(26)24(2)3/h4-12,15H,14H2,1-3H3/b18-12-. The first-order valence-electron chi connectivity index (χ1n) is 8.46. The Morgan fingerprint density at radius 3 is 2.50 bits per heavy atom. The highest BCUT2D eigenvalue weighted by Crippen LogP contribution is 2.25. The molecular formula is C22H21N3O. The summed E-state index contributed by atoms with van der Waals surface area (Å²) in [6.07, 6.45) is 3.68. The Morgan fingerprint density at radius 1 is 1.15 bits per heavy atom. The van der Waals surface area contributed by atoms with E-state index in [1.165, 1.54) is 16.0 Å². The van der Waals surface area contributed by atoms with Crippen molar-refractivity contribution in [2.24, 2.45) is 0 Å². The number of para-hydroxylation sites is 1. The lowest BCUT2D eigenvalue weighted by atomic mass is 10.1. The van der Waals surface area contributed by atoms with Crippen molar-refractivity contribution < 1.29 is 4.79 Å². The first kappa shape index (κ1) is 17.5. The Labute approximate surface area is 153 Å². The zero-order valence-corrected chi connectivity index (χ0v) is 15.2. The molecule has 0 atom stereocenters. The van der Waals surface area contributed by atoms with E-state index in [1.54, 1.807) is 20.2 Å². The predicted octanol–water partition coefficient (Wildman–Crippen LogP) is 3.99. The van der Waals surface area contributed by atoms with Crippen molar-refractivity contribution in [2.75, 3.05) is 14.1 Å². The number of likely N-dealkylation sites (N-methyl/N-ethyl adjacent to an activating group) is 1. The van der Waals surface area contributed by atoms with Gasteiger partial charge >= 0.3 is 0 Å². The average Bonchev–Trinajstić information content (AvgIpc) is 2.98. The number of benzene rings is 2. The number of hydrogen-bond donors (Lipinski definition) is 0. The Hall–Kier alpha value is -3.32. The third-order valence-electron chi connectivity index (χ3n) is 4.35. The van der Waals surface area contributed by atoms with E-state index in [1.807, 2.05) is 30.5 Å². The summed E-state index contributed by atoms with van der Waals surface area (Å²) in [5.41, 5.74) is 4.52. The van der Waals surface area contributed by atoms with E-state index < -0.39 is 0 Å². The van der Waals surface area contributed by atoms with Gasteiger partial charge in [0.05, 0.1) is 0 Å². The van der Waals surface area contributed by atoms with E-state index in [2.05, 4.69) is 41.8 Å². The zero-order chi connectivity index (χ0) is 18.7. The summed E-state index contributed by atoms with van der Waals surface area (Å²) in [6.45, 7) is 2.81. The summed E-state index contributed by atoms with van der Waals surface area (Å²) < 4.78 is 2.15. The molecule has 0 unspecified atom stereocenters. The summed E-state index contributed by atoms with van der Waals surface area (Å²) >= 11 is 0. The van der Waals surface area contributed by atoms with Crippen LogP contribution in [0.15, 0.2) is 60.3 Å². The fourth-order valence-electron chi connectivity index (χ4n) is 2.95. The molecule has 1 amide bonds. The Bertz CT molecular complexity index is 1020. The molecule has 0 aliphatic heterocycles. The van der Waals surface area contributed by atoms with Crippen molar-refractivity contribution in [1.82, 2.24) is 9.47 Å². The highest BCUT2D eigenvalue weighted by molar-refractivity contribution is 6.03. The Balaban J connectivity index is 2.06. The van der Waals surface area contributed by atoms with Gasteiger partial charge < -0.3 is 9.47 Å². The maximum Gasteiger partial charge on any atom is 0.264 e. The first-order valence-corrected chi connectivity index (χ1v) is 8.46. The molecule has 3 aromatic rings. The van der Waals surface area contributed by atoms with Crippen LogP contribution in [-0.2, 0) is 11.3 Å². The molecule has 0 aliphatic carbocycles. The van der Waals surface area contributed by atoms with Crippen LogP contribution in [0.3, 0.4) is 0 Å². The van der Waals surface area contributed by atoms with Gasteiger partial charge in [-0.3, -0.25) is 4.79 Å². The molecule has 0 spiro atoms. The highest BCUT2D eigenvalue weighted by Gasteiger charge is 2.14. The normalized spacial score (nSPS) is 11.4. The fraction of sp³-hybridized carbons (Fsp3) is 0.182. The van der Waals surface area contributed by atoms with Crippen LogP contribution in [0.25, 0.3) is 17.0 Å². The molecule has 4 nitrogen and oxygen atoms in total. The predicted molar refractivity (Wildman–Crippen MR) is 105 cm³/mol. The molecule has 0 bridgehead atoms. The molecule has 3 rings (SSSR count). The minimum absolute atomic E-state index is 0.133. The van der Waals surface area contributed by atoms with Gasteiger partial charge in [-0.2, -0.15) is 5.26 Å². The van der Waals surface area contributed by atoms with Crippen LogP contribution < -0.4 is 0 Å². The van der Waals surface area contributed by atoms with E-state index in [0.29, 0.717) is 0 Å². The number of aromatic nitrogens is 1. The van der Waals surface area contributed by atoms with Crippen molar-refractivity contribution in [2.45, 2.75) is 13.5 Å². The fourth-order valence-corrected chi connectivity index (χ4v) is 2.95. The van der Waals surface area contributed by atoms with Gasteiger partial charge in [0.15, 0.2) is 0 Å². The second kappa shape index (κ2) is 7.28. The molecular weight excluding hydrogens is 322 g/mol. The number of hydrogen-bond acceptors (Lipinski definition) is 2. The number of nitrogens with zero attached hydrogens (tertiary/aromatic N) is 3. The van der Waals surface area contributed by atoms with Gasteiger partial charge in [-0.1, -0.05) is 48.0 Å². The van der Waals surface area contributed by atoms with E-state index in [9.17, 15) is 10.1 Å². The van der Waals surface area contributed by atoms with Crippen LogP contribution in [0.4, 0.5) is 0 Å². The molecule has 0 fully saturated rings. The monoisotopic (exact) mass is 343 g/mol. The molecule has 0 radical (unpaired) electrons. The Morgan fingerprint density at radius 2 is 1.85 bits per heavy atom. The average molecular weight is 343 g/mol. The third kappa shape index (κ3) is 3.52. The minimum atomic E-state index is -0.289. The van der Waals surface area contributed by atoms with Crippen LogP contribution >= 0.6 is 0 Å². The van der Waals surface area contributed by atoms with Crippen molar-refractivity contribution in [3.63, 3.8) is 0 Å². The molecule has 0 saturated heterocycles. The van der Waals surface area contributed by atoms with E-state index in [0.717, 1.165) is 23.0 Å². The molecule has 1 heterocycles. The van der Waals surface area contributed by atoms with Gasteiger partial charge in [-0.15, -0.1) is 0 Å². The molecule has 4 heteroatoms. The van der Waals surface area contributed by atoms with Crippen LogP contribution in [0.1, 0.15) is 16.7 Å². The first-order chi connectivity index (χ1) is 12.5. The van der Waals surface area contributed by atoms with Crippen molar-refractivity contribution in [1.29, 1.82) is 5.26 Å². The largest absolute Gasteiger partial charge is 0.344 e. The van der Waals surface area contributed by atoms with E-state index in [-0.39, 0.29) is 11.5 Å². The lowest BCUT2D eigenvalue weighted by molar-refractivity contribution is -0.124. The van der Waals surface area contributed by atoms with Gasteiger partial charge in [0.1, 0.15) is 11.6 Å². The number of amides is 1. The van der Waals surface area contributed by atoms with Crippen LogP contribution in [0.2, 0.25) is 0 Å². The molecule has 130 valence electrons. The lowest BCUT2D eigenvalue weighted by Gasteiger charge is -2.08. The second-order valence-corrected chi connectivity index (χ2v) is 6.58. The quantitative estimate of drug-likeness (QED) is 0.531. The molecule has 2 aromatic carbocycles. The number of aryl methyl sites for hydroxylation is 1. The second-order valence-electron chi connectivity index (χ2n) is 6.58. The zero-order valence-electron chi connectivity index (χ0n) is 15.2. The molecule has 0 saturated carbocycles. The number of fused-ring (bicyclic) bond motifs is 1. The summed E-state index contributed by atoms with van der Waals surface area (Å²) in [5, 5.41) is 10.4. The van der Waals surface area contributed by atoms with E-state index >= 15 is 0 Å². The van der Waals surface area contributed by atoms with Gasteiger partial charge in [0, 0.05) is 43.3 Å². The smallest absolute Gasteiger partial charge is 0.264 e. The highest BCUT2D eigenvalue weighted by atomic mass is 16.2. The minimum Gasteiger partial charge on any atom is -0.344 e. The SMILES string of the molecule is Cc1ccc(Cn2cc(/C=C(/C#N)C(=O)N(C)C)c3ccccc32)cc1. The van der Waals surface area contributed by atoms with E-state index in [4.69, 9.17) is 0 Å². The summed E-state index contributed by atoms with van der Waals surface area (Å²) in [4.78, 5) is 13.6. The topological polar surface area (TPSA) is 49.0 Å². The number of carbonyl (C=O) groups is 1. The lowest BCUT2D eigenvalue weighted by Crippen LogP contribution is -2.22. The van der Waals surface area contributed by atoms with Gasteiger partial charge in [-0.25, -0.2) is 0 Å². The van der Waals surface area contributed by atoms with Gasteiger partial charge in [-0.05, 0) is 24.6 Å². The maximum absolute atomic E-state index is 12.2. The van der Waals surface area contributed by atoms with Gasteiger partial charge in [0.2, 0.25) is 0 Å². The van der Waals surface area contributed by atoms with Crippen molar-refractivity contribution in [3.8, 4) is 6.07 Å². The van der Waals surface area contributed by atoms with Crippen LogP contribution in [-0.4, -0.2) is 29.5 Å². The number of carbonyl (C=O) groups excluding carboxylic acids is 1. The van der Waals surface area contributed by atoms with Crippen LogP contribution in [0, 0.1) is 18.3 Å². The molecule has 26 heavy (non-hydrogen) atoms. The van der Waals surface area contributed by atoms with Gasteiger partial charge in [0.25, 0.3) is 5.91 Å².